The third kappa shape index (κ3) is 8.01. The van der Waals surface area contributed by atoms with E-state index in [-0.39, 0.29) is 13.2 Å². The van der Waals surface area contributed by atoms with Crippen LogP contribution in [0.25, 0.3) is 0 Å². The third-order valence-electron chi connectivity index (χ3n) is 3.65. The number of aliphatic hydroxyl groups excluding tert-OH is 2. The van der Waals surface area contributed by atoms with E-state index < -0.39 is 20.0 Å². The summed E-state index contributed by atoms with van der Waals surface area (Å²) in [5, 5.41) is 28.0. The van der Waals surface area contributed by atoms with Crippen LogP contribution in [0.5, 0.6) is 0 Å². The molecule has 3 N–H and O–H groups in total. The summed E-state index contributed by atoms with van der Waals surface area (Å²) in [6.07, 6.45) is 0.849. The second-order valence-electron chi connectivity index (χ2n) is 5.67. The highest BCUT2D eigenvalue weighted by Gasteiger charge is 2.28. The zero-order valence-electron chi connectivity index (χ0n) is 12.7. The summed E-state index contributed by atoms with van der Waals surface area (Å²) >= 11 is 0. The molecule has 0 aromatic carbocycles. The molecule has 3 atom stereocenters. The molecule has 0 aromatic heterocycles. The van der Waals surface area contributed by atoms with Crippen LogP contribution in [0.4, 0.5) is 0 Å². The summed E-state index contributed by atoms with van der Waals surface area (Å²) in [6.45, 7) is 6.16. The van der Waals surface area contributed by atoms with E-state index in [9.17, 15) is 10.2 Å². The molecule has 0 aliphatic heterocycles. The van der Waals surface area contributed by atoms with Crippen LogP contribution >= 0.6 is 0 Å². The van der Waals surface area contributed by atoms with E-state index in [4.69, 9.17) is 14.3 Å². The summed E-state index contributed by atoms with van der Waals surface area (Å²) in [4.78, 5) is 0. The largest absolute Gasteiger partial charge is 0.420 e. The van der Waals surface area contributed by atoms with E-state index in [1.807, 2.05) is 0 Å². The fourth-order valence-corrected chi connectivity index (χ4v) is 4.19. The number of ether oxygens (including phenoxy) is 1. The van der Waals surface area contributed by atoms with E-state index in [0.29, 0.717) is 6.61 Å². The fourth-order valence-electron chi connectivity index (χ4n) is 1.73. The number of aliphatic hydroxyl groups is 3. The molecule has 3 unspecified atom stereocenters. The smallest absolute Gasteiger partial charge is 0.189 e. The van der Waals surface area contributed by atoms with Gasteiger partial charge in [0.15, 0.2) is 8.32 Å². The Balaban J connectivity index is 3.84. The first-order chi connectivity index (χ1) is 8.77. The zero-order valence-corrected chi connectivity index (χ0v) is 13.7. The molecular formula is C13H30O5Si. The van der Waals surface area contributed by atoms with Gasteiger partial charge in [-0.2, -0.15) is 0 Å². The molecule has 0 aliphatic rings. The highest BCUT2D eigenvalue weighted by Crippen LogP contribution is 2.20. The molecular weight excluding hydrogens is 264 g/mol. The zero-order chi connectivity index (χ0) is 14.9. The molecule has 0 aliphatic carbocycles. The van der Waals surface area contributed by atoms with Gasteiger partial charge >= 0.3 is 0 Å². The minimum atomic E-state index is -1.71. The lowest BCUT2D eigenvalue weighted by Gasteiger charge is -2.27. The van der Waals surface area contributed by atoms with Gasteiger partial charge in [0.1, 0.15) is 5.60 Å². The van der Waals surface area contributed by atoms with Gasteiger partial charge < -0.3 is 24.5 Å². The fraction of sp³-hybridized carbons (Fsp3) is 1.00. The maximum Gasteiger partial charge on any atom is 0.189 e. The lowest BCUT2D eigenvalue weighted by atomic mass is 10.0. The van der Waals surface area contributed by atoms with Crippen LogP contribution in [0.3, 0.4) is 0 Å². The molecule has 0 heterocycles. The molecule has 0 bridgehead atoms. The first-order valence-corrected chi connectivity index (χ1v) is 9.74. The van der Waals surface area contributed by atoms with Crippen molar-refractivity contribution < 1.29 is 24.5 Å². The van der Waals surface area contributed by atoms with Gasteiger partial charge in [0.25, 0.3) is 0 Å². The van der Waals surface area contributed by atoms with Crippen molar-refractivity contribution in [1.82, 2.24) is 0 Å². The van der Waals surface area contributed by atoms with Gasteiger partial charge in [-0.1, -0.05) is 0 Å². The molecule has 19 heavy (non-hydrogen) atoms. The quantitative estimate of drug-likeness (QED) is 0.393. The van der Waals surface area contributed by atoms with Crippen molar-refractivity contribution >= 4 is 8.32 Å². The average Bonchev–Trinajstić information content (AvgIpc) is 2.35. The van der Waals surface area contributed by atoms with Crippen LogP contribution in [0.15, 0.2) is 0 Å². The van der Waals surface area contributed by atoms with Crippen molar-refractivity contribution in [3.63, 3.8) is 0 Å². The van der Waals surface area contributed by atoms with Crippen molar-refractivity contribution in [1.29, 1.82) is 0 Å². The van der Waals surface area contributed by atoms with Gasteiger partial charge in [-0.05, 0) is 45.3 Å². The summed E-state index contributed by atoms with van der Waals surface area (Å²) in [5.74, 6) is 0. The van der Waals surface area contributed by atoms with Crippen LogP contribution in [-0.4, -0.2) is 62.3 Å². The van der Waals surface area contributed by atoms with Crippen LogP contribution in [0.2, 0.25) is 18.6 Å². The van der Waals surface area contributed by atoms with Gasteiger partial charge in [0, 0.05) is 20.3 Å². The van der Waals surface area contributed by atoms with Crippen LogP contribution in [0.1, 0.15) is 26.7 Å². The Morgan fingerprint density at radius 1 is 1.26 bits per heavy atom. The highest BCUT2D eigenvalue weighted by molar-refractivity contribution is 6.72. The van der Waals surface area contributed by atoms with Gasteiger partial charge in [-0.15, -0.1) is 0 Å². The summed E-state index contributed by atoms with van der Waals surface area (Å²) in [5.41, 5.74) is -1.20. The van der Waals surface area contributed by atoms with E-state index in [1.165, 1.54) is 0 Å². The SMILES string of the molecule is CO[Si](C)(CCCO)CCCOCC(C)(O)C(C)O. The van der Waals surface area contributed by atoms with E-state index in [0.717, 1.165) is 24.9 Å². The second kappa shape index (κ2) is 9.04. The van der Waals surface area contributed by atoms with Crippen molar-refractivity contribution in [3.05, 3.63) is 0 Å². The Labute approximate surface area is 117 Å². The van der Waals surface area contributed by atoms with E-state index in [1.54, 1.807) is 21.0 Å². The van der Waals surface area contributed by atoms with Gasteiger partial charge in [-0.25, -0.2) is 0 Å². The minimum absolute atomic E-state index is 0.132. The molecule has 0 saturated carbocycles. The Morgan fingerprint density at radius 2 is 1.84 bits per heavy atom. The molecule has 5 nitrogen and oxygen atoms in total. The predicted octanol–water partition coefficient (Wildman–Crippen LogP) is 1.13. The van der Waals surface area contributed by atoms with E-state index in [2.05, 4.69) is 6.55 Å². The van der Waals surface area contributed by atoms with Crippen LogP contribution in [-0.2, 0) is 9.16 Å². The molecule has 0 amide bonds. The topological polar surface area (TPSA) is 79.2 Å². The highest BCUT2D eigenvalue weighted by atomic mass is 28.4. The standard InChI is InChI=1S/C13H30O5Si/c1-12(15)13(2,16)11-18-8-6-10-19(4,17-3)9-5-7-14/h12,14-16H,5-11H2,1-4H3. The minimum Gasteiger partial charge on any atom is -0.420 e. The molecule has 0 radical (unpaired) electrons. The summed E-state index contributed by atoms with van der Waals surface area (Å²) in [6, 6.07) is 1.92. The first kappa shape index (κ1) is 19.0. The first-order valence-electron chi connectivity index (χ1n) is 6.91. The van der Waals surface area contributed by atoms with Crippen LogP contribution in [0, 0.1) is 0 Å². The lowest BCUT2D eigenvalue weighted by Crippen LogP contribution is -2.42. The number of rotatable bonds is 11. The Morgan fingerprint density at radius 3 is 2.32 bits per heavy atom. The predicted molar refractivity (Wildman–Crippen MR) is 77.7 cm³/mol. The molecule has 0 fully saturated rings. The van der Waals surface area contributed by atoms with Crippen molar-refractivity contribution in [2.24, 2.45) is 0 Å². The molecule has 0 saturated heterocycles. The maximum absolute atomic E-state index is 9.79. The van der Waals surface area contributed by atoms with Crippen LogP contribution < -0.4 is 0 Å². The normalized spacial score (nSPS) is 19.7. The Bertz CT molecular complexity index is 235. The number of hydrogen-bond acceptors (Lipinski definition) is 5. The summed E-state index contributed by atoms with van der Waals surface area (Å²) in [7, 11) is 0.0248. The van der Waals surface area contributed by atoms with Crippen molar-refractivity contribution in [3.8, 4) is 0 Å². The molecule has 0 aromatic rings. The van der Waals surface area contributed by atoms with E-state index >= 15 is 0 Å². The monoisotopic (exact) mass is 294 g/mol. The Hall–Kier alpha value is 0.0169. The van der Waals surface area contributed by atoms with Gasteiger partial charge in [-0.3, -0.25) is 0 Å². The average molecular weight is 294 g/mol. The molecule has 6 heteroatoms. The third-order valence-corrected chi connectivity index (χ3v) is 7.45. The second-order valence-corrected chi connectivity index (χ2v) is 9.98. The summed E-state index contributed by atoms with van der Waals surface area (Å²) < 4.78 is 11.0. The van der Waals surface area contributed by atoms with Crippen molar-refractivity contribution in [2.45, 2.75) is 57.0 Å². The molecule has 0 spiro atoms. The van der Waals surface area contributed by atoms with Gasteiger partial charge in [0.2, 0.25) is 0 Å². The molecule has 0 rings (SSSR count). The van der Waals surface area contributed by atoms with Gasteiger partial charge in [0.05, 0.1) is 12.7 Å². The number of hydrogen-bond donors (Lipinski definition) is 3. The van der Waals surface area contributed by atoms with Crippen molar-refractivity contribution in [2.75, 3.05) is 26.9 Å². The Kier molecular flexibility index (Phi) is 9.05. The lowest BCUT2D eigenvalue weighted by molar-refractivity contribution is -0.102. The molecule has 116 valence electrons. The maximum atomic E-state index is 9.79.